The summed E-state index contributed by atoms with van der Waals surface area (Å²) in [5.74, 6) is 1.99. The minimum absolute atomic E-state index is 0.0682. The largest absolute Gasteiger partial charge is 0.497 e. The number of carbonyl (C=O) groups excluding carboxylic acids is 1. The molecule has 33 heavy (non-hydrogen) atoms. The van der Waals surface area contributed by atoms with Gasteiger partial charge in [-0.2, -0.15) is 9.61 Å². The van der Waals surface area contributed by atoms with Crippen LogP contribution in [0.1, 0.15) is 45.4 Å². The van der Waals surface area contributed by atoms with Crippen molar-refractivity contribution in [1.82, 2.24) is 29.4 Å². The Bertz CT molecular complexity index is 1360. The predicted octanol–water partition coefficient (Wildman–Crippen LogP) is 2.77. The topological polar surface area (TPSA) is 116 Å². The molecule has 2 N–H and O–H groups in total. The van der Waals surface area contributed by atoms with Gasteiger partial charge in [-0.25, -0.2) is 9.97 Å². The van der Waals surface area contributed by atoms with Crippen LogP contribution in [0.15, 0.2) is 30.6 Å². The SMILES string of the molecule is COc1ccc2c(c1)nc(N)n1nc([C@@H]3CCCN(c4cnn(C(C)(C)C(C)=O)c4)C3)nc21. The standard InChI is InChI=1S/C23H28N8O2/c1-14(32)23(2,3)30-13-16(11-25-30)29-9-5-6-15(12-29)20-27-21-18-8-7-17(33-4)10-19(18)26-22(24)31(21)28-20/h7-8,10-11,13,15H,5-6,9,12H2,1-4H3,(H2,24,26)/t15-/m1/s1. The summed E-state index contributed by atoms with van der Waals surface area (Å²) in [6.07, 6.45) is 5.77. The molecular weight excluding hydrogens is 420 g/mol. The summed E-state index contributed by atoms with van der Waals surface area (Å²) in [5, 5.41) is 10.1. The Labute approximate surface area is 191 Å². The molecule has 1 saturated heterocycles. The number of nitrogens with two attached hydrogens (primary N) is 1. The highest BCUT2D eigenvalue weighted by Gasteiger charge is 2.30. The van der Waals surface area contributed by atoms with Crippen molar-refractivity contribution < 1.29 is 9.53 Å². The second-order valence-corrected chi connectivity index (χ2v) is 9.10. The first-order chi connectivity index (χ1) is 15.8. The van der Waals surface area contributed by atoms with Gasteiger partial charge in [0, 0.05) is 36.7 Å². The Kier molecular flexibility index (Phi) is 4.95. The van der Waals surface area contributed by atoms with Crippen LogP contribution in [0, 0.1) is 0 Å². The number of aromatic nitrogens is 6. The Balaban J connectivity index is 1.46. The van der Waals surface area contributed by atoms with E-state index in [0.717, 1.165) is 54.1 Å². The van der Waals surface area contributed by atoms with Gasteiger partial charge in [0.1, 0.15) is 11.3 Å². The second-order valence-electron chi connectivity index (χ2n) is 9.10. The van der Waals surface area contributed by atoms with Gasteiger partial charge in [0.15, 0.2) is 17.3 Å². The number of rotatable bonds is 5. The van der Waals surface area contributed by atoms with Gasteiger partial charge >= 0.3 is 0 Å². The summed E-state index contributed by atoms with van der Waals surface area (Å²) >= 11 is 0. The first-order valence-electron chi connectivity index (χ1n) is 11.1. The third kappa shape index (κ3) is 3.55. The van der Waals surface area contributed by atoms with Gasteiger partial charge in [0.05, 0.1) is 24.5 Å². The molecule has 10 heteroatoms. The number of benzene rings is 1. The number of Topliss-reactive ketones (excluding diaryl/α,β-unsaturated/α-hetero) is 1. The highest BCUT2D eigenvalue weighted by Crippen LogP contribution is 2.31. The molecule has 1 atom stereocenters. The number of ketones is 1. The van der Waals surface area contributed by atoms with Crippen molar-refractivity contribution in [3.05, 3.63) is 36.4 Å². The molecule has 172 valence electrons. The molecule has 0 radical (unpaired) electrons. The van der Waals surface area contributed by atoms with Crippen molar-refractivity contribution in [2.24, 2.45) is 0 Å². The van der Waals surface area contributed by atoms with Crippen molar-refractivity contribution in [3.8, 4) is 5.75 Å². The number of nitrogens with zero attached hydrogens (tertiary/aromatic N) is 7. The van der Waals surface area contributed by atoms with Crippen LogP contribution >= 0.6 is 0 Å². The molecule has 5 rings (SSSR count). The zero-order valence-corrected chi connectivity index (χ0v) is 19.3. The van der Waals surface area contributed by atoms with E-state index < -0.39 is 5.54 Å². The monoisotopic (exact) mass is 448 g/mol. The summed E-state index contributed by atoms with van der Waals surface area (Å²) in [5.41, 5.74) is 7.95. The van der Waals surface area contributed by atoms with Crippen molar-refractivity contribution >= 4 is 34.0 Å². The van der Waals surface area contributed by atoms with Crippen molar-refractivity contribution in [1.29, 1.82) is 0 Å². The van der Waals surface area contributed by atoms with E-state index in [1.165, 1.54) is 0 Å². The predicted molar refractivity (Wildman–Crippen MR) is 126 cm³/mol. The molecule has 0 bridgehead atoms. The Morgan fingerprint density at radius 3 is 2.85 bits per heavy atom. The smallest absolute Gasteiger partial charge is 0.223 e. The van der Waals surface area contributed by atoms with Crippen LogP contribution in [0.3, 0.4) is 0 Å². The minimum Gasteiger partial charge on any atom is -0.497 e. The van der Waals surface area contributed by atoms with E-state index in [-0.39, 0.29) is 11.7 Å². The minimum atomic E-state index is -0.676. The van der Waals surface area contributed by atoms with Crippen molar-refractivity contribution in [3.63, 3.8) is 0 Å². The number of hydrogen-bond donors (Lipinski definition) is 1. The van der Waals surface area contributed by atoms with Gasteiger partial charge < -0.3 is 15.4 Å². The van der Waals surface area contributed by atoms with Gasteiger partial charge in [0.2, 0.25) is 5.95 Å². The van der Waals surface area contributed by atoms with Gasteiger partial charge in [-0.15, -0.1) is 5.10 Å². The number of anilines is 2. The zero-order chi connectivity index (χ0) is 23.3. The van der Waals surface area contributed by atoms with Crippen LogP contribution in [0.4, 0.5) is 11.6 Å². The summed E-state index contributed by atoms with van der Waals surface area (Å²) < 4.78 is 8.67. The Hall–Kier alpha value is -3.69. The summed E-state index contributed by atoms with van der Waals surface area (Å²) in [6.45, 7) is 7.03. The first-order valence-corrected chi connectivity index (χ1v) is 11.1. The molecule has 0 spiro atoms. The quantitative estimate of drug-likeness (QED) is 0.495. The Morgan fingerprint density at radius 1 is 1.27 bits per heavy atom. The second kappa shape index (κ2) is 7.72. The summed E-state index contributed by atoms with van der Waals surface area (Å²) in [6, 6.07) is 5.67. The molecule has 1 aliphatic rings. The highest BCUT2D eigenvalue weighted by molar-refractivity contribution is 5.93. The number of nitrogen functional groups attached to an aromatic ring is 1. The van der Waals surface area contributed by atoms with Crippen LogP contribution in [0.5, 0.6) is 5.75 Å². The molecule has 1 fully saturated rings. The maximum atomic E-state index is 12.0. The van der Waals surface area contributed by atoms with E-state index in [9.17, 15) is 4.79 Å². The average Bonchev–Trinajstić information content (AvgIpc) is 3.47. The van der Waals surface area contributed by atoms with Crippen LogP contribution in [0.25, 0.3) is 16.6 Å². The number of piperidine rings is 1. The number of hydrogen-bond acceptors (Lipinski definition) is 8. The van der Waals surface area contributed by atoms with Gasteiger partial charge in [-0.05, 0) is 45.7 Å². The fourth-order valence-electron chi connectivity index (χ4n) is 4.29. The van der Waals surface area contributed by atoms with Crippen LogP contribution < -0.4 is 15.4 Å². The van der Waals surface area contributed by atoms with Crippen molar-refractivity contribution in [2.45, 2.75) is 45.1 Å². The molecule has 0 unspecified atom stereocenters. The molecule has 0 amide bonds. The number of fused-ring (bicyclic) bond motifs is 3. The first kappa shape index (κ1) is 21.2. The average molecular weight is 449 g/mol. The number of carbonyl (C=O) groups is 1. The van der Waals surface area contributed by atoms with E-state index in [1.807, 2.05) is 44.4 Å². The number of ether oxygens (including phenoxy) is 1. The fourth-order valence-corrected chi connectivity index (χ4v) is 4.29. The molecule has 10 nitrogen and oxygen atoms in total. The zero-order valence-electron chi connectivity index (χ0n) is 19.3. The summed E-state index contributed by atoms with van der Waals surface area (Å²) in [4.78, 5) is 23.7. The highest BCUT2D eigenvalue weighted by atomic mass is 16.5. The van der Waals surface area contributed by atoms with E-state index in [4.69, 9.17) is 20.6 Å². The fraction of sp³-hybridized carbons (Fsp3) is 0.435. The van der Waals surface area contributed by atoms with Crippen LogP contribution in [-0.4, -0.2) is 55.3 Å². The third-order valence-electron chi connectivity index (χ3n) is 6.68. The molecule has 1 aliphatic heterocycles. The molecule has 3 aromatic heterocycles. The molecule has 0 aliphatic carbocycles. The van der Waals surface area contributed by atoms with Gasteiger partial charge in [0.25, 0.3) is 0 Å². The Morgan fingerprint density at radius 2 is 2.09 bits per heavy atom. The van der Waals surface area contributed by atoms with Gasteiger partial charge in [-0.3, -0.25) is 9.48 Å². The maximum Gasteiger partial charge on any atom is 0.223 e. The van der Waals surface area contributed by atoms with E-state index in [0.29, 0.717) is 11.6 Å². The van der Waals surface area contributed by atoms with Crippen LogP contribution in [0.2, 0.25) is 0 Å². The van der Waals surface area contributed by atoms with Crippen molar-refractivity contribution in [2.75, 3.05) is 30.8 Å². The molecule has 0 saturated carbocycles. The van der Waals surface area contributed by atoms with E-state index in [1.54, 1.807) is 23.2 Å². The lowest BCUT2D eigenvalue weighted by Gasteiger charge is -2.32. The van der Waals surface area contributed by atoms with Crippen LogP contribution in [-0.2, 0) is 10.3 Å². The number of methoxy groups -OCH3 is 1. The lowest BCUT2D eigenvalue weighted by atomic mass is 9.97. The molecule has 1 aromatic carbocycles. The summed E-state index contributed by atoms with van der Waals surface area (Å²) in [7, 11) is 1.62. The third-order valence-corrected chi connectivity index (χ3v) is 6.68. The van der Waals surface area contributed by atoms with E-state index in [2.05, 4.69) is 15.0 Å². The maximum absolute atomic E-state index is 12.0. The molecule has 4 aromatic rings. The van der Waals surface area contributed by atoms with Gasteiger partial charge in [-0.1, -0.05) is 0 Å². The van der Waals surface area contributed by atoms with E-state index >= 15 is 0 Å². The molecular formula is C23H28N8O2. The molecule has 4 heterocycles. The normalized spacial score (nSPS) is 17.1. The lowest BCUT2D eigenvalue weighted by molar-refractivity contribution is -0.124. The lowest BCUT2D eigenvalue weighted by Crippen LogP contribution is -2.35.